The summed E-state index contributed by atoms with van der Waals surface area (Å²) in [5.74, 6) is 0.898. The maximum Gasteiger partial charge on any atom is 0.236 e. The van der Waals surface area contributed by atoms with Gasteiger partial charge in [0.05, 0.1) is 4.83 Å². The van der Waals surface area contributed by atoms with Crippen LogP contribution in [0.5, 0.6) is 0 Å². The number of nitrogens with zero attached hydrogens (tertiary/aromatic N) is 1. The highest BCUT2D eigenvalue weighted by Gasteiger charge is 2.35. The molecule has 0 aromatic rings. The second kappa shape index (κ2) is 4.83. The van der Waals surface area contributed by atoms with Crippen LogP contribution < -0.4 is 0 Å². The molecule has 0 aromatic carbocycles. The summed E-state index contributed by atoms with van der Waals surface area (Å²) in [6, 6.07) is 0.379. The molecule has 0 saturated carbocycles. The van der Waals surface area contributed by atoms with E-state index in [9.17, 15) is 4.79 Å². The summed E-state index contributed by atoms with van der Waals surface area (Å²) in [5, 5.41) is 0. The van der Waals surface area contributed by atoms with Crippen LogP contribution in [0.1, 0.15) is 26.2 Å². The van der Waals surface area contributed by atoms with E-state index >= 15 is 0 Å². The number of alkyl halides is 1. The molecule has 2 rings (SSSR count). The minimum atomic E-state index is 0.0554. The van der Waals surface area contributed by atoms with Crippen LogP contribution in [0.25, 0.3) is 0 Å². The van der Waals surface area contributed by atoms with Gasteiger partial charge in [-0.3, -0.25) is 4.79 Å². The number of likely N-dealkylation sites (tertiary alicyclic amines) is 1. The van der Waals surface area contributed by atoms with Crippen LogP contribution in [-0.4, -0.2) is 41.4 Å². The smallest absolute Gasteiger partial charge is 0.236 e. The largest absolute Gasteiger partial charge is 0.381 e. The van der Waals surface area contributed by atoms with Crippen LogP contribution in [0.3, 0.4) is 0 Å². The van der Waals surface area contributed by atoms with E-state index in [0.29, 0.717) is 12.0 Å². The number of carbonyl (C=O) groups excluding carboxylic acids is 1. The SMILES string of the molecule is CC(C1CCOCC1)N1CCC(Br)C1=O. The quantitative estimate of drug-likeness (QED) is 0.720. The third-order valence-electron chi connectivity index (χ3n) is 3.61. The van der Waals surface area contributed by atoms with Gasteiger partial charge in [-0.05, 0) is 32.1 Å². The van der Waals surface area contributed by atoms with Gasteiger partial charge in [0.15, 0.2) is 0 Å². The molecule has 2 aliphatic rings. The maximum absolute atomic E-state index is 11.8. The summed E-state index contributed by atoms with van der Waals surface area (Å²) < 4.78 is 5.35. The molecule has 2 aliphatic heterocycles. The Morgan fingerprint density at radius 3 is 2.60 bits per heavy atom. The van der Waals surface area contributed by atoms with Gasteiger partial charge in [0.2, 0.25) is 5.91 Å². The summed E-state index contributed by atoms with van der Waals surface area (Å²) in [7, 11) is 0. The molecule has 15 heavy (non-hydrogen) atoms. The van der Waals surface area contributed by atoms with Crippen molar-refractivity contribution >= 4 is 21.8 Å². The van der Waals surface area contributed by atoms with Crippen molar-refractivity contribution in [2.75, 3.05) is 19.8 Å². The minimum absolute atomic E-state index is 0.0554. The zero-order valence-corrected chi connectivity index (χ0v) is 10.7. The first kappa shape index (κ1) is 11.4. The molecule has 0 aromatic heterocycles. The fourth-order valence-electron chi connectivity index (χ4n) is 2.52. The Kier molecular flexibility index (Phi) is 3.67. The van der Waals surface area contributed by atoms with Crippen LogP contribution in [0, 0.1) is 5.92 Å². The molecular formula is C11H18BrNO2. The van der Waals surface area contributed by atoms with E-state index in [2.05, 4.69) is 22.9 Å². The monoisotopic (exact) mass is 275 g/mol. The molecule has 2 saturated heterocycles. The van der Waals surface area contributed by atoms with E-state index in [-0.39, 0.29) is 10.7 Å². The molecule has 0 spiro atoms. The molecule has 1 amide bonds. The summed E-state index contributed by atoms with van der Waals surface area (Å²) in [4.78, 5) is 13.9. The summed E-state index contributed by atoms with van der Waals surface area (Å²) >= 11 is 3.42. The van der Waals surface area contributed by atoms with Crippen LogP contribution in [0.15, 0.2) is 0 Å². The lowest BCUT2D eigenvalue weighted by Crippen LogP contribution is -2.42. The molecule has 3 nitrogen and oxygen atoms in total. The van der Waals surface area contributed by atoms with Crippen LogP contribution in [-0.2, 0) is 9.53 Å². The Morgan fingerprint density at radius 1 is 1.40 bits per heavy atom. The van der Waals surface area contributed by atoms with Gasteiger partial charge in [0.1, 0.15) is 0 Å². The first-order valence-corrected chi connectivity index (χ1v) is 6.64. The first-order valence-electron chi connectivity index (χ1n) is 5.72. The van der Waals surface area contributed by atoms with Gasteiger partial charge in [0.25, 0.3) is 0 Å². The maximum atomic E-state index is 11.8. The van der Waals surface area contributed by atoms with Crippen molar-refractivity contribution < 1.29 is 9.53 Å². The molecule has 2 atom stereocenters. The zero-order valence-electron chi connectivity index (χ0n) is 9.12. The Balaban J connectivity index is 1.94. The van der Waals surface area contributed by atoms with Crippen LogP contribution in [0.4, 0.5) is 0 Å². The van der Waals surface area contributed by atoms with E-state index < -0.39 is 0 Å². The van der Waals surface area contributed by atoms with E-state index in [1.807, 2.05) is 4.90 Å². The lowest BCUT2D eigenvalue weighted by Gasteiger charge is -2.34. The molecule has 0 aliphatic carbocycles. The molecule has 86 valence electrons. The molecule has 0 N–H and O–H groups in total. The first-order chi connectivity index (χ1) is 7.20. The van der Waals surface area contributed by atoms with Gasteiger partial charge >= 0.3 is 0 Å². The van der Waals surface area contributed by atoms with E-state index in [0.717, 1.165) is 39.0 Å². The van der Waals surface area contributed by atoms with E-state index in [1.54, 1.807) is 0 Å². The highest BCUT2D eigenvalue weighted by Crippen LogP contribution is 2.28. The van der Waals surface area contributed by atoms with Gasteiger partial charge < -0.3 is 9.64 Å². The highest BCUT2D eigenvalue weighted by atomic mass is 79.9. The van der Waals surface area contributed by atoms with Gasteiger partial charge in [-0.25, -0.2) is 0 Å². The van der Waals surface area contributed by atoms with Gasteiger partial charge in [-0.15, -0.1) is 0 Å². The average Bonchev–Trinajstić information content (AvgIpc) is 2.60. The fraction of sp³-hybridized carbons (Fsp3) is 0.909. The van der Waals surface area contributed by atoms with Crippen molar-refractivity contribution in [3.63, 3.8) is 0 Å². The van der Waals surface area contributed by atoms with Gasteiger partial charge in [0, 0.05) is 25.8 Å². The van der Waals surface area contributed by atoms with Crippen molar-refractivity contribution in [2.24, 2.45) is 5.92 Å². The number of ether oxygens (including phenoxy) is 1. The molecule has 0 radical (unpaired) electrons. The standard InChI is InChI=1S/C11H18BrNO2/c1-8(9-3-6-15-7-4-9)13-5-2-10(12)11(13)14/h8-10H,2-7H2,1H3. The van der Waals surface area contributed by atoms with Crippen LogP contribution >= 0.6 is 15.9 Å². The highest BCUT2D eigenvalue weighted by molar-refractivity contribution is 9.10. The Hall–Kier alpha value is -0.0900. The lowest BCUT2D eigenvalue weighted by atomic mass is 9.92. The van der Waals surface area contributed by atoms with E-state index in [4.69, 9.17) is 4.74 Å². The fourth-order valence-corrected chi connectivity index (χ4v) is 2.99. The third-order valence-corrected chi connectivity index (χ3v) is 4.46. The number of rotatable bonds is 2. The second-order valence-electron chi connectivity index (χ2n) is 4.48. The molecule has 4 heteroatoms. The topological polar surface area (TPSA) is 29.5 Å². The number of carbonyl (C=O) groups is 1. The second-order valence-corrected chi connectivity index (χ2v) is 5.58. The van der Waals surface area contributed by atoms with E-state index in [1.165, 1.54) is 0 Å². The molecule has 2 heterocycles. The number of hydrogen-bond acceptors (Lipinski definition) is 2. The van der Waals surface area contributed by atoms with Crippen molar-refractivity contribution in [1.82, 2.24) is 4.90 Å². The Morgan fingerprint density at radius 2 is 2.07 bits per heavy atom. The van der Waals surface area contributed by atoms with Gasteiger partial charge in [-0.2, -0.15) is 0 Å². The molecular weight excluding hydrogens is 258 g/mol. The number of amides is 1. The summed E-state index contributed by atoms with van der Waals surface area (Å²) in [6.07, 6.45) is 3.14. The van der Waals surface area contributed by atoms with Crippen LogP contribution in [0.2, 0.25) is 0 Å². The zero-order chi connectivity index (χ0) is 10.8. The minimum Gasteiger partial charge on any atom is -0.381 e. The molecule has 0 bridgehead atoms. The number of halogens is 1. The number of hydrogen-bond donors (Lipinski definition) is 0. The molecule has 2 unspecified atom stereocenters. The predicted molar refractivity (Wildman–Crippen MR) is 62.1 cm³/mol. The third kappa shape index (κ3) is 2.36. The normalized spacial score (nSPS) is 30.9. The predicted octanol–water partition coefficient (Wildman–Crippen LogP) is 1.80. The van der Waals surface area contributed by atoms with Crippen molar-refractivity contribution in [3.05, 3.63) is 0 Å². The Labute approximate surface area is 99.3 Å². The van der Waals surface area contributed by atoms with Crippen molar-refractivity contribution in [3.8, 4) is 0 Å². The van der Waals surface area contributed by atoms with Crippen molar-refractivity contribution in [2.45, 2.75) is 37.1 Å². The summed E-state index contributed by atoms with van der Waals surface area (Å²) in [6.45, 7) is 4.80. The van der Waals surface area contributed by atoms with Crippen molar-refractivity contribution in [1.29, 1.82) is 0 Å². The molecule has 2 fully saturated rings. The summed E-state index contributed by atoms with van der Waals surface area (Å²) in [5.41, 5.74) is 0. The lowest BCUT2D eigenvalue weighted by molar-refractivity contribution is -0.130. The average molecular weight is 276 g/mol. The van der Waals surface area contributed by atoms with Gasteiger partial charge in [-0.1, -0.05) is 15.9 Å². The Bertz CT molecular complexity index is 241.